The van der Waals surface area contributed by atoms with Crippen molar-refractivity contribution in [1.29, 1.82) is 0 Å². The molecule has 152 valence electrons. The van der Waals surface area contributed by atoms with Gasteiger partial charge in [0.2, 0.25) is 0 Å². The Kier molecular flexibility index (Phi) is 8.35. The van der Waals surface area contributed by atoms with Crippen molar-refractivity contribution in [3.05, 3.63) is 69.4 Å². The monoisotopic (exact) mass is 378 g/mol. The molecule has 0 heterocycles. The van der Waals surface area contributed by atoms with Gasteiger partial charge >= 0.3 is 0 Å². The molecule has 0 radical (unpaired) electrons. The summed E-state index contributed by atoms with van der Waals surface area (Å²) in [7, 11) is 3.71. The van der Waals surface area contributed by atoms with Crippen molar-refractivity contribution in [2.75, 3.05) is 14.1 Å². The van der Waals surface area contributed by atoms with E-state index in [1.54, 1.807) is 0 Å². The number of allylic oxidation sites excluding steroid dienone is 12. The molecule has 0 spiro atoms. The molecule has 2 heteroatoms. The number of hydrogen-bond acceptors (Lipinski definition) is 2. The highest BCUT2D eigenvalue weighted by atomic mass is 14.8. The Labute approximate surface area is 173 Å². The molecule has 2 nitrogen and oxygen atoms in total. The Morgan fingerprint density at radius 3 is 1.79 bits per heavy atom. The minimum Gasteiger partial charge on any atom is -0.286 e. The molecular formula is C26H38N2. The van der Waals surface area contributed by atoms with Crippen molar-refractivity contribution in [2.24, 2.45) is 15.4 Å². The van der Waals surface area contributed by atoms with Crippen molar-refractivity contribution >= 4 is 11.4 Å². The Hall–Kier alpha value is -2.22. The predicted octanol–water partition coefficient (Wildman–Crippen LogP) is 7.24. The van der Waals surface area contributed by atoms with Gasteiger partial charge in [0, 0.05) is 25.2 Å². The van der Waals surface area contributed by atoms with Gasteiger partial charge in [-0.1, -0.05) is 56.2 Å². The first-order chi connectivity index (χ1) is 12.9. The molecule has 0 aromatic heterocycles. The molecular weight excluding hydrogens is 340 g/mol. The molecule has 1 aliphatic rings. The second kappa shape index (κ2) is 9.82. The van der Waals surface area contributed by atoms with E-state index in [-0.39, 0.29) is 5.41 Å². The summed E-state index contributed by atoms with van der Waals surface area (Å²) >= 11 is 0. The average Bonchev–Trinajstić information content (AvgIpc) is 2.61. The minimum absolute atomic E-state index is 0.172. The molecule has 1 rings (SSSR count). The van der Waals surface area contributed by atoms with Gasteiger partial charge in [0.15, 0.2) is 0 Å². The van der Waals surface area contributed by atoms with E-state index < -0.39 is 0 Å². The Morgan fingerprint density at radius 2 is 1.32 bits per heavy atom. The second-order valence-corrected chi connectivity index (χ2v) is 8.80. The lowest BCUT2D eigenvalue weighted by Crippen LogP contribution is -2.25. The summed E-state index contributed by atoms with van der Waals surface area (Å²) in [5.74, 6) is 0. The van der Waals surface area contributed by atoms with Gasteiger partial charge in [-0.25, -0.2) is 0 Å². The van der Waals surface area contributed by atoms with E-state index in [1.807, 2.05) is 14.1 Å². The summed E-state index contributed by atoms with van der Waals surface area (Å²) in [5.41, 5.74) is 10.7. The maximum absolute atomic E-state index is 4.63. The zero-order valence-corrected chi connectivity index (χ0v) is 19.8. The molecule has 0 aromatic rings. The fraction of sp³-hybridized carbons (Fsp3) is 0.462. The topological polar surface area (TPSA) is 24.7 Å². The van der Waals surface area contributed by atoms with E-state index in [2.05, 4.69) is 103 Å². The second-order valence-electron chi connectivity index (χ2n) is 8.80. The zero-order chi connectivity index (χ0) is 21.6. The Balaban J connectivity index is 3.57. The number of rotatable bonds is 4. The minimum atomic E-state index is 0.172. The van der Waals surface area contributed by atoms with Crippen molar-refractivity contribution in [1.82, 2.24) is 0 Å². The van der Waals surface area contributed by atoms with E-state index in [0.717, 1.165) is 17.0 Å². The molecule has 0 aromatic carbocycles. The lowest BCUT2D eigenvalue weighted by atomic mass is 9.82. The molecule has 0 aliphatic heterocycles. The van der Waals surface area contributed by atoms with Gasteiger partial charge in [0.25, 0.3) is 0 Å². The molecule has 0 unspecified atom stereocenters. The number of nitrogens with zero attached hydrogens (tertiary/aromatic N) is 2. The van der Waals surface area contributed by atoms with Crippen LogP contribution in [0.15, 0.2) is 79.4 Å². The third kappa shape index (κ3) is 5.89. The van der Waals surface area contributed by atoms with Crippen LogP contribution in [0.5, 0.6) is 0 Å². The van der Waals surface area contributed by atoms with Gasteiger partial charge in [-0.15, -0.1) is 0 Å². The predicted molar refractivity (Wildman–Crippen MR) is 128 cm³/mol. The molecule has 0 saturated heterocycles. The highest BCUT2D eigenvalue weighted by molar-refractivity contribution is 6.56. The SMILES string of the molecule is CN=C1C(/C(C)=C/C=C(\C)C(C)(C)C)=CC(C)=C(/C(C)=C/C=C(C)C)C1=NC. The molecule has 1 aliphatic carbocycles. The van der Waals surface area contributed by atoms with E-state index in [1.165, 1.54) is 33.4 Å². The molecule has 0 bridgehead atoms. The third-order valence-electron chi connectivity index (χ3n) is 5.17. The van der Waals surface area contributed by atoms with Crippen LogP contribution in [0.3, 0.4) is 0 Å². The van der Waals surface area contributed by atoms with Crippen molar-refractivity contribution in [2.45, 2.75) is 62.3 Å². The number of aliphatic imine (C=N–C) groups is 2. The van der Waals surface area contributed by atoms with Gasteiger partial charge in [0.05, 0.1) is 11.4 Å². The van der Waals surface area contributed by atoms with Crippen molar-refractivity contribution in [3.8, 4) is 0 Å². The molecule has 0 N–H and O–H groups in total. The van der Waals surface area contributed by atoms with Crippen LogP contribution in [-0.4, -0.2) is 25.5 Å². The molecule has 0 fully saturated rings. The van der Waals surface area contributed by atoms with E-state index in [4.69, 9.17) is 0 Å². The Bertz CT molecular complexity index is 851. The highest BCUT2D eigenvalue weighted by Gasteiger charge is 2.25. The average molecular weight is 379 g/mol. The van der Waals surface area contributed by atoms with Crippen LogP contribution in [0.25, 0.3) is 0 Å². The van der Waals surface area contributed by atoms with Crippen molar-refractivity contribution < 1.29 is 0 Å². The lowest BCUT2D eigenvalue weighted by molar-refractivity contribution is 0.504. The molecule has 0 amide bonds. The summed E-state index contributed by atoms with van der Waals surface area (Å²) in [5, 5.41) is 0. The largest absolute Gasteiger partial charge is 0.286 e. The summed E-state index contributed by atoms with van der Waals surface area (Å²) < 4.78 is 0. The standard InChI is InChI=1S/C26H38N2/c1-17(2)12-13-19(4)23-20(5)16-22(24(27-10)25(23)28-11)18(3)14-15-21(6)26(7,8)9/h12-16H,1-11H3/b18-14+,19-13+,21-15+,27-24?,28-25?. The fourth-order valence-corrected chi connectivity index (χ4v) is 3.00. The van der Waals surface area contributed by atoms with Gasteiger partial charge < -0.3 is 0 Å². The lowest BCUT2D eigenvalue weighted by Gasteiger charge is -2.24. The van der Waals surface area contributed by atoms with Gasteiger partial charge in [-0.2, -0.15) is 0 Å². The van der Waals surface area contributed by atoms with Crippen LogP contribution in [0, 0.1) is 5.41 Å². The van der Waals surface area contributed by atoms with Crippen LogP contribution in [0.4, 0.5) is 0 Å². The molecule has 0 saturated carbocycles. The Morgan fingerprint density at radius 1 is 0.786 bits per heavy atom. The van der Waals surface area contributed by atoms with Crippen LogP contribution in [0.1, 0.15) is 62.3 Å². The van der Waals surface area contributed by atoms with E-state index in [0.29, 0.717) is 0 Å². The van der Waals surface area contributed by atoms with Crippen LogP contribution in [0.2, 0.25) is 0 Å². The van der Waals surface area contributed by atoms with Gasteiger partial charge in [-0.05, 0) is 69.8 Å². The summed E-state index contributed by atoms with van der Waals surface area (Å²) in [4.78, 5) is 9.25. The third-order valence-corrected chi connectivity index (χ3v) is 5.17. The first-order valence-corrected chi connectivity index (χ1v) is 9.99. The van der Waals surface area contributed by atoms with Gasteiger partial charge in [0.1, 0.15) is 0 Å². The normalized spacial score (nSPS) is 20.1. The fourth-order valence-electron chi connectivity index (χ4n) is 3.00. The number of hydrogen-bond donors (Lipinski definition) is 0. The van der Waals surface area contributed by atoms with Crippen LogP contribution >= 0.6 is 0 Å². The van der Waals surface area contributed by atoms with E-state index in [9.17, 15) is 0 Å². The maximum atomic E-state index is 4.63. The van der Waals surface area contributed by atoms with E-state index >= 15 is 0 Å². The summed E-state index contributed by atoms with van der Waals surface area (Å²) in [6.45, 7) is 19.6. The van der Waals surface area contributed by atoms with Crippen LogP contribution < -0.4 is 0 Å². The quantitative estimate of drug-likeness (QED) is 0.364. The summed E-state index contributed by atoms with van der Waals surface area (Å²) in [6, 6.07) is 0. The smallest absolute Gasteiger partial charge is 0.0906 e. The molecule has 28 heavy (non-hydrogen) atoms. The van der Waals surface area contributed by atoms with Gasteiger partial charge in [-0.3, -0.25) is 9.98 Å². The maximum Gasteiger partial charge on any atom is 0.0906 e. The first-order valence-electron chi connectivity index (χ1n) is 9.99. The van der Waals surface area contributed by atoms with Crippen molar-refractivity contribution in [3.63, 3.8) is 0 Å². The first kappa shape index (κ1) is 23.8. The molecule has 0 atom stereocenters. The van der Waals surface area contributed by atoms with Crippen LogP contribution in [-0.2, 0) is 0 Å². The highest BCUT2D eigenvalue weighted by Crippen LogP contribution is 2.30. The summed E-state index contributed by atoms with van der Waals surface area (Å²) in [6.07, 6.45) is 11.0. The zero-order valence-electron chi connectivity index (χ0n) is 19.8.